The van der Waals surface area contributed by atoms with Gasteiger partial charge in [0.2, 0.25) is 0 Å². The number of hydrogen-bond acceptors (Lipinski definition) is 5. The molecule has 0 aliphatic carbocycles. The van der Waals surface area contributed by atoms with E-state index in [-0.39, 0.29) is 12.1 Å². The molecule has 0 radical (unpaired) electrons. The Morgan fingerprint density at radius 2 is 2.11 bits per heavy atom. The van der Waals surface area contributed by atoms with E-state index in [1.807, 2.05) is 6.07 Å². The third kappa shape index (κ3) is 2.28. The summed E-state index contributed by atoms with van der Waals surface area (Å²) in [5.74, 6) is -0.618. The first-order valence-electron chi connectivity index (χ1n) is 5.53. The molecule has 2 heterocycles. The molecule has 96 valence electrons. The van der Waals surface area contributed by atoms with E-state index in [1.165, 1.54) is 17.1 Å². The molecular weight excluding hydrogens is 246 g/mol. The van der Waals surface area contributed by atoms with Gasteiger partial charge >= 0.3 is 5.97 Å². The molecule has 0 atom stereocenters. The molecule has 0 amide bonds. The summed E-state index contributed by atoms with van der Waals surface area (Å²) in [6.07, 6.45) is 2.77. The maximum atomic E-state index is 10.8. The van der Waals surface area contributed by atoms with Crippen LogP contribution in [0.15, 0.2) is 12.4 Å². The number of nitriles is 1. The second kappa shape index (κ2) is 4.86. The van der Waals surface area contributed by atoms with Gasteiger partial charge in [0.15, 0.2) is 11.5 Å². The lowest BCUT2D eigenvalue weighted by atomic mass is 10.1. The predicted molar refractivity (Wildman–Crippen MR) is 64.7 cm³/mol. The number of carboxylic acid groups (broad SMARTS) is 1. The fraction of sp³-hybridized carbons (Fsp3) is 0.250. The first-order chi connectivity index (χ1) is 9.04. The van der Waals surface area contributed by atoms with Gasteiger partial charge in [0.05, 0.1) is 12.1 Å². The number of carbonyl (C=O) groups is 1. The van der Waals surface area contributed by atoms with Crippen LogP contribution in [-0.2, 0) is 11.2 Å². The summed E-state index contributed by atoms with van der Waals surface area (Å²) in [5, 5.41) is 22.1. The first-order valence-corrected chi connectivity index (χ1v) is 5.53. The normalized spacial score (nSPS) is 10.2. The van der Waals surface area contributed by atoms with Crippen LogP contribution in [0, 0.1) is 25.2 Å². The minimum absolute atomic E-state index is 0.111. The molecule has 7 heteroatoms. The molecule has 0 unspecified atom stereocenters. The smallest absolute Gasteiger partial charge is 0.307 e. The minimum Gasteiger partial charge on any atom is -0.481 e. The van der Waals surface area contributed by atoms with Crippen molar-refractivity contribution >= 4 is 5.97 Å². The quantitative estimate of drug-likeness (QED) is 0.871. The molecule has 0 aliphatic rings. The third-order valence-electron chi connectivity index (χ3n) is 2.75. The minimum atomic E-state index is -0.926. The average Bonchev–Trinajstić information content (AvgIpc) is 2.66. The van der Waals surface area contributed by atoms with E-state index in [9.17, 15) is 4.79 Å². The van der Waals surface area contributed by atoms with Crippen LogP contribution >= 0.6 is 0 Å². The molecule has 1 N–H and O–H groups in total. The Bertz CT molecular complexity index is 684. The lowest BCUT2D eigenvalue weighted by molar-refractivity contribution is -0.136. The van der Waals surface area contributed by atoms with Crippen LogP contribution in [0.2, 0.25) is 0 Å². The predicted octanol–water partition coefficient (Wildman–Crippen LogP) is 0.778. The molecule has 0 saturated heterocycles. The van der Waals surface area contributed by atoms with Gasteiger partial charge in [-0.25, -0.2) is 14.6 Å². The molecule has 0 spiro atoms. The second-order valence-electron chi connectivity index (χ2n) is 3.97. The van der Waals surface area contributed by atoms with Crippen LogP contribution in [0.1, 0.15) is 22.6 Å². The standard InChI is InChI=1S/C12H11N5O2/c1-7-9(5-11(18)19)8(2)17(16-7)12-10(6-13)14-3-4-15-12/h3-4H,5H2,1-2H3,(H,18,19). The van der Waals surface area contributed by atoms with Crippen molar-refractivity contribution in [3.63, 3.8) is 0 Å². The fourth-order valence-corrected chi connectivity index (χ4v) is 1.85. The lowest BCUT2D eigenvalue weighted by Gasteiger charge is -2.04. The summed E-state index contributed by atoms with van der Waals surface area (Å²) < 4.78 is 1.46. The third-order valence-corrected chi connectivity index (χ3v) is 2.75. The van der Waals surface area contributed by atoms with Gasteiger partial charge in [0.25, 0.3) is 0 Å². The Morgan fingerprint density at radius 3 is 2.74 bits per heavy atom. The fourth-order valence-electron chi connectivity index (χ4n) is 1.85. The van der Waals surface area contributed by atoms with Crippen molar-refractivity contribution in [3.05, 3.63) is 35.0 Å². The molecule has 0 bridgehead atoms. The van der Waals surface area contributed by atoms with Crippen molar-refractivity contribution in [3.8, 4) is 11.9 Å². The molecule has 0 aliphatic heterocycles. The number of nitrogens with zero attached hydrogens (tertiary/aromatic N) is 5. The van der Waals surface area contributed by atoms with Gasteiger partial charge in [-0.1, -0.05) is 0 Å². The molecule has 0 aromatic carbocycles. The second-order valence-corrected chi connectivity index (χ2v) is 3.97. The van der Waals surface area contributed by atoms with E-state index in [2.05, 4.69) is 15.1 Å². The van der Waals surface area contributed by atoms with Gasteiger partial charge in [-0.2, -0.15) is 10.4 Å². The van der Waals surface area contributed by atoms with Crippen LogP contribution in [0.4, 0.5) is 0 Å². The summed E-state index contributed by atoms with van der Waals surface area (Å²) in [5.41, 5.74) is 2.03. The van der Waals surface area contributed by atoms with Crippen molar-refractivity contribution in [2.75, 3.05) is 0 Å². The number of aromatic nitrogens is 4. The summed E-state index contributed by atoms with van der Waals surface area (Å²) in [6.45, 7) is 3.47. The largest absolute Gasteiger partial charge is 0.481 e. The van der Waals surface area contributed by atoms with Crippen LogP contribution in [0.25, 0.3) is 5.82 Å². The molecule has 7 nitrogen and oxygen atoms in total. The zero-order chi connectivity index (χ0) is 14.0. The monoisotopic (exact) mass is 257 g/mol. The number of rotatable bonds is 3. The van der Waals surface area contributed by atoms with Crippen LogP contribution in [-0.4, -0.2) is 30.8 Å². The average molecular weight is 257 g/mol. The van der Waals surface area contributed by atoms with Gasteiger partial charge in [-0.3, -0.25) is 4.79 Å². The van der Waals surface area contributed by atoms with Crippen molar-refractivity contribution in [2.45, 2.75) is 20.3 Å². The summed E-state index contributed by atoms with van der Waals surface area (Å²) in [6, 6.07) is 1.94. The topological polar surface area (TPSA) is 105 Å². The summed E-state index contributed by atoms with van der Waals surface area (Å²) in [7, 11) is 0. The van der Waals surface area contributed by atoms with Crippen molar-refractivity contribution in [2.24, 2.45) is 0 Å². The van der Waals surface area contributed by atoms with Gasteiger partial charge in [-0.15, -0.1) is 0 Å². The van der Waals surface area contributed by atoms with Gasteiger partial charge < -0.3 is 5.11 Å². The van der Waals surface area contributed by atoms with Crippen LogP contribution in [0.3, 0.4) is 0 Å². The SMILES string of the molecule is Cc1nn(-c2nccnc2C#N)c(C)c1CC(=O)O. The summed E-state index contributed by atoms with van der Waals surface area (Å²) >= 11 is 0. The summed E-state index contributed by atoms with van der Waals surface area (Å²) in [4.78, 5) is 18.8. The van der Waals surface area contributed by atoms with E-state index in [0.29, 0.717) is 22.8 Å². The molecular formula is C12H11N5O2. The maximum Gasteiger partial charge on any atom is 0.307 e. The number of hydrogen-bond donors (Lipinski definition) is 1. The van der Waals surface area contributed by atoms with Crippen LogP contribution in [0.5, 0.6) is 0 Å². The first kappa shape index (κ1) is 12.7. The van der Waals surface area contributed by atoms with Crippen molar-refractivity contribution in [1.82, 2.24) is 19.7 Å². The lowest BCUT2D eigenvalue weighted by Crippen LogP contribution is -2.07. The Kier molecular flexibility index (Phi) is 3.25. The van der Waals surface area contributed by atoms with Crippen LogP contribution < -0.4 is 0 Å². The molecule has 2 aromatic rings. The van der Waals surface area contributed by atoms with Crippen molar-refractivity contribution in [1.29, 1.82) is 5.26 Å². The Morgan fingerprint density at radius 1 is 1.42 bits per heavy atom. The van der Waals surface area contributed by atoms with Gasteiger partial charge in [0.1, 0.15) is 6.07 Å². The Balaban J connectivity index is 2.59. The molecule has 2 rings (SSSR count). The van der Waals surface area contributed by atoms with E-state index in [0.717, 1.165) is 0 Å². The molecule has 0 saturated carbocycles. The van der Waals surface area contributed by atoms with Gasteiger partial charge in [-0.05, 0) is 13.8 Å². The number of aliphatic carboxylic acids is 1. The van der Waals surface area contributed by atoms with E-state index >= 15 is 0 Å². The highest BCUT2D eigenvalue weighted by molar-refractivity contribution is 5.71. The molecule has 2 aromatic heterocycles. The Hall–Kier alpha value is -2.75. The number of aryl methyl sites for hydroxylation is 1. The highest BCUT2D eigenvalue weighted by Crippen LogP contribution is 2.18. The zero-order valence-corrected chi connectivity index (χ0v) is 10.5. The van der Waals surface area contributed by atoms with Gasteiger partial charge in [0, 0.05) is 23.7 Å². The molecule has 19 heavy (non-hydrogen) atoms. The zero-order valence-electron chi connectivity index (χ0n) is 10.5. The maximum absolute atomic E-state index is 10.8. The molecule has 0 fully saturated rings. The number of carboxylic acids is 1. The Labute approximate surface area is 109 Å². The van der Waals surface area contributed by atoms with E-state index < -0.39 is 5.97 Å². The van der Waals surface area contributed by atoms with E-state index in [4.69, 9.17) is 10.4 Å². The highest BCUT2D eigenvalue weighted by Gasteiger charge is 2.18. The van der Waals surface area contributed by atoms with E-state index in [1.54, 1.807) is 13.8 Å². The highest BCUT2D eigenvalue weighted by atomic mass is 16.4. The van der Waals surface area contributed by atoms with Crippen molar-refractivity contribution < 1.29 is 9.90 Å².